The van der Waals surface area contributed by atoms with E-state index in [2.05, 4.69) is 21.4 Å². The Bertz CT molecular complexity index is 487. The van der Waals surface area contributed by atoms with Gasteiger partial charge in [0.1, 0.15) is 5.76 Å². The fourth-order valence-corrected chi connectivity index (χ4v) is 2.63. The van der Waals surface area contributed by atoms with Gasteiger partial charge < -0.3 is 4.42 Å². The van der Waals surface area contributed by atoms with Gasteiger partial charge in [-0.15, -0.1) is 0 Å². The van der Waals surface area contributed by atoms with E-state index in [1.807, 2.05) is 30.3 Å². The largest absolute Gasteiger partial charge is 0.469 e. The zero-order valence-electron chi connectivity index (χ0n) is 8.99. The van der Waals surface area contributed by atoms with Gasteiger partial charge >= 0.3 is 0 Å². The van der Waals surface area contributed by atoms with Crippen LogP contribution in [0.1, 0.15) is 17.4 Å². The highest BCUT2D eigenvalue weighted by molar-refractivity contribution is 9.10. The first-order valence-corrected chi connectivity index (χ1v) is 6.31. The van der Waals surface area contributed by atoms with Crippen molar-refractivity contribution in [2.45, 2.75) is 12.5 Å². The van der Waals surface area contributed by atoms with Crippen LogP contribution in [-0.4, -0.2) is 0 Å². The molecule has 90 valence electrons. The number of rotatable bonds is 4. The number of hydrogen-bond acceptors (Lipinski definition) is 3. The molecule has 0 saturated heterocycles. The van der Waals surface area contributed by atoms with Crippen molar-refractivity contribution in [3.63, 3.8) is 0 Å². The zero-order valence-corrected chi connectivity index (χ0v) is 11.3. The highest BCUT2D eigenvalue weighted by Gasteiger charge is 2.15. The van der Waals surface area contributed by atoms with Gasteiger partial charge in [-0.25, -0.2) is 0 Å². The van der Waals surface area contributed by atoms with Crippen molar-refractivity contribution < 1.29 is 4.42 Å². The topological polar surface area (TPSA) is 51.2 Å². The molecule has 0 radical (unpaired) electrons. The van der Waals surface area contributed by atoms with Crippen molar-refractivity contribution in [3.05, 3.63) is 57.4 Å². The molecule has 17 heavy (non-hydrogen) atoms. The Balaban J connectivity index is 2.23. The molecule has 0 spiro atoms. The van der Waals surface area contributed by atoms with Gasteiger partial charge in [-0.1, -0.05) is 33.6 Å². The molecule has 0 aliphatic carbocycles. The van der Waals surface area contributed by atoms with Crippen molar-refractivity contribution in [3.8, 4) is 0 Å². The summed E-state index contributed by atoms with van der Waals surface area (Å²) in [6, 6.07) is 9.40. The van der Waals surface area contributed by atoms with Gasteiger partial charge in [0.05, 0.1) is 12.3 Å². The second-order valence-electron chi connectivity index (χ2n) is 3.67. The Labute approximate surface area is 113 Å². The lowest BCUT2D eigenvalue weighted by Crippen LogP contribution is -2.29. The fraction of sp³-hybridized carbons (Fsp3) is 0.167. The van der Waals surface area contributed by atoms with Gasteiger partial charge in [0.25, 0.3) is 0 Å². The van der Waals surface area contributed by atoms with Crippen molar-refractivity contribution in [1.82, 2.24) is 5.43 Å². The van der Waals surface area contributed by atoms with Crippen LogP contribution in [0, 0.1) is 0 Å². The second kappa shape index (κ2) is 5.69. The molecule has 3 N–H and O–H groups in total. The zero-order chi connectivity index (χ0) is 12.3. The van der Waals surface area contributed by atoms with E-state index in [0.717, 1.165) is 15.8 Å². The molecule has 3 nitrogen and oxygen atoms in total. The molecule has 0 aliphatic rings. The lowest BCUT2D eigenvalue weighted by Gasteiger charge is -2.16. The summed E-state index contributed by atoms with van der Waals surface area (Å²) in [5, 5.41) is 0.689. The molecule has 2 rings (SSSR count). The smallest absolute Gasteiger partial charge is 0.105 e. The number of nitrogens with one attached hydrogen (secondary N) is 1. The molecule has 1 atom stereocenters. The minimum absolute atomic E-state index is 0.0206. The van der Waals surface area contributed by atoms with E-state index in [0.29, 0.717) is 11.4 Å². The second-order valence-corrected chi connectivity index (χ2v) is 4.96. The molecule has 1 aromatic carbocycles. The van der Waals surface area contributed by atoms with Crippen LogP contribution in [0.25, 0.3) is 0 Å². The van der Waals surface area contributed by atoms with Gasteiger partial charge in [0.2, 0.25) is 0 Å². The van der Waals surface area contributed by atoms with E-state index in [1.54, 1.807) is 6.26 Å². The van der Waals surface area contributed by atoms with Crippen molar-refractivity contribution >= 4 is 27.5 Å². The quantitative estimate of drug-likeness (QED) is 0.671. The summed E-state index contributed by atoms with van der Waals surface area (Å²) in [5.41, 5.74) is 3.83. The van der Waals surface area contributed by atoms with Crippen LogP contribution >= 0.6 is 27.5 Å². The Morgan fingerprint density at radius 2 is 2.24 bits per heavy atom. The van der Waals surface area contributed by atoms with Crippen molar-refractivity contribution in [2.75, 3.05) is 0 Å². The summed E-state index contributed by atoms with van der Waals surface area (Å²) in [7, 11) is 0. The lowest BCUT2D eigenvalue weighted by molar-refractivity contribution is 0.454. The number of halogens is 2. The molecule has 1 heterocycles. The summed E-state index contributed by atoms with van der Waals surface area (Å²) in [4.78, 5) is 0. The van der Waals surface area contributed by atoms with Crippen LogP contribution < -0.4 is 11.3 Å². The Kier molecular flexibility index (Phi) is 4.23. The normalized spacial score (nSPS) is 12.6. The Hall–Kier alpha value is -0.810. The van der Waals surface area contributed by atoms with Gasteiger partial charge in [-0.05, 0) is 29.8 Å². The highest BCUT2D eigenvalue weighted by Crippen LogP contribution is 2.28. The van der Waals surface area contributed by atoms with Gasteiger partial charge in [-0.2, -0.15) is 0 Å². The lowest BCUT2D eigenvalue weighted by atomic mass is 10.0. The highest BCUT2D eigenvalue weighted by atomic mass is 79.9. The van der Waals surface area contributed by atoms with E-state index >= 15 is 0 Å². The third kappa shape index (κ3) is 3.10. The van der Waals surface area contributed by atoms with Crippen LogP contribution in [0.2, 0.25) is 5.02 Å². The van der Waals surface area contributed by atoms with E-state index in [-0.39, 0.29) is 6.04 Å². The SMILES string of the molecule is NNC(Cc1ccco1)c1ccc(Cl)cc1Br. The van der Waals surface area contributed by atoms with Crippen molar-refractivity contribution in [1.29, 1.82) is 0 Å². The molecule has 0 fully saturated rings. The standard InChI is InChI=1S/C12H12BrClN2O/c13-11-6-8(14)3-4-10(11)12(16-15)7-9-2-1-5-17-9/h1-6,12,16H,7,15H2. The molecule has 0 bridgehead atoms. The maximum absolute atomic E-state index is 5.91. The molecule has 0 saturated carbocycles. The van der Waals surface area contributed by atoms with Crippen LogP contribution in [-0.2, 0) is 6.42 Å². The summed E-state index contributed by atoms with van der Waals surface area (Å²) < 4.78 is 6.24. The number of hydrazine groups is 1. The molecule has 0 amide bonds. The Morgan fingerprint density at radius 1 is 1.41 bits per heavy atom. The third-order valence-corrected chi connectivity index (χ3v) is 3.45. The maximum atomic E-state index is 5.91. The number of furan rings is 1. The first-order valence-electron chi connectivity index (χ1n) is 5.14. The summed E-state index contributed by atoms with van der Waals surface area (Å²) in [5.74, 6) is 6.47. The van der Waals surface area contributed by atoms with Crippen LogP contribution in [0.4, 0.5) is 0 Å². The van der Waals surface area contributed by atoms with Crippen molar-refractivity contribution in [2.24, 2.45) is 5.84 Å². The summed E-state index contributed by atoms with van der Waals surface area (Å²) >= 11 is 9.39. The molecule has 1 unspecified atom stereocenters. The average molecular weight is 316 g/mol. The minimum atomic E-state index is -0.0206. The molecule has 0 aliphatic heterocycles. The van der Waals surface area contributed by atoms with Gasteiger partial charge in [-0.3, -0.25) is 11.3 Å². The average Bonchev–Trinajstić information content (AvgIpc) is 2.79. The number of hydrogen-bond donors (Lipinski definition) is 2. The molecular formula is C12H12BrClN2O. The van der Waals surface area contributed by atoms with Crippen LogP contribution in [0.5, 0.6) is 0 Å². The fourth-order valence-electron chi connectivity index (χ4n) is 1.67. The number of nitrogens with two attached hydrogens (primary N) is 1. The summed E-state index contributed by atoms with van der Waals surface area (Å²) in [6.07, 6.45) is 2.34. The molecule has 2 aromatic rings. The summed E-state index contributed by atoms with van der Waals surface area (Å²) in [6.45, 7) is 0. The molecule has 1 aromatic heterocycles. The van der Waals surface area contributed by atoms with E-state index < -0.39 is 0 Å². The van der Waals surface area contributed by atoms with Crippen LogP contribution in [0.15, 0.2) is 45.5 Å². The number of benzene rings is 1. The first-order chi connectivity index (χ1) is 8.20. The third-order valence-electron chi connectivity index (χ3n) is 2.52. The van der Waals surface area contributed by atoms with Crippen LogP contribution in [0.3, 0.4) is 0 Å². The minimum Gasteiger partial charge on any atom is -0.469 e. The Morgan fingerprint density at radius 3 is 2.82 bits per heavy atom. The van der Waals surface area contributed by atoms with Gasteiger partial charge in [0, 0.05) is 15.9 Å². The van der Waals surface area contributed by atoms with E-state index in [1.165, 1.54) is 0 Å². The van der Waals surface area contributed by atoms with Gasteiger partial charge in [0.15, 0.2) is 0 Å². The monoisotopic (exact) mass is 314 g/mol. The van der Waals surface area contributed by atoms with E-state index in [4.69, 9.17) is 21.9 Å². The maximum Gasteiger partial charge on any atom is 0.105 e. The molecular weight excluding hydrogens is 304 g/mol. The predicted molar refractivity (Wildman–Crippen MR) is 71.6 cm³/mol. The first kappa shape index (κ1) is 12.6. The molecule has 5 heteroatoms. The predicted octanol–water partition coefficient (Wildman–Crippen LogP) is 3.44. The van der Waals surface area contributed by atoms with E-state index in [9.17, 15) is 0 Å².